The predicted molar refractivity (Wildman–Crippen MR) is 95.9 cm³/mol. The van der Waals surface area contributed by atoms with Crippen molar-refractivity contribution < 1.29 is 22.7 Å². The molecule has 0 unspecified atom stereocenters. The van der Waals surface area contributed by atoms with E-state index in [0.717, 1.165) is 7.11 Å². The third-order valence-electron chi connectivity index (χ3n) is 3.02. The summed E-state index contributed by atoms with van der Waals surface area (Å²) < 4.78 is 32.8. The zero-order valence-corrected chi connectivity index (χ0v) is 15.3. The van der Waals surface area contributed by atoms with E-state index in [-0.39, 0.29) is 16.1 Å². The molecule has 10 heteroatoms. The van der Waals surface area contributed by atoms with E-state index in [9.17, 15) is 18.0 Å². The second kappa shape index (κ2) is 7.53. The molecule has 0 saturated heterocycles. The van der Waals surface area contributed by atoms with Gasteiger partial charge in [-0.2, -0.15) is 0 Å². The topological polar surface area (TPSA) is 128 Å². The van der Waals surface area contributed by atoms with Crippen LogP contribution in [-0.4, -0.2) is 27.5 Å². The summed E-state index contributed by atoms with van der Waals surface area (Å²) >= 11 is 3.18. The molecule has 2 aromatic rings. The van der Waals surface area contributed by atoms with Gasteiger partial charge in [-0.25, -0.2) is 18.0 Å². The molecule has 0 radical (unpaired) electrons. The molecule has 0 aliphatic rings. The molecule has 0 atom stereocenters. The van der Waals surface area contributed by atoms with E-state index < -0.39 is 22.0 Å². The largest absolute Gasteiger partial charge is 0.465 e. The number of hydrogen-bond acceptors (Lipinski definition) is 5. The highest BCUT2D eigenvalue weighted by Crippen LogP contribution is 2.25. The number of carbonyl (C=O) groups excluding carboxylic acids is 2. The van der Waals surface area contributed by atoms with Crippen LogP contribution >= 0.6 is 15.9 Å². The molecule has 0 aromatic heterocycles. The molecule has 0 aliphatic heterocycles. The molecule has 25 heavy (non-hydrogen) atoms. The van der Waals surface area contributed by atoms with Crippen molar-refractivity contribution >= 4 is 49.3 Å². The normalized spacial score (nSPS) is 10.8. The van der Waals surface area contributed by atoms with E-state index in [1.807, 2.05) is 0 Å². The van der Waals surface area contributed by atoms with E-state index in [4.69, 9.17) is 5.73 Å². The van der Waals surface area contributed by atoms with Gasteiger partial charge >= 0.3 is 12.0 Å². The number of anilines is 2. The molecule has 8 nitrogen and oxygen atoms in total. The van der Waals surface area contributed by atoms with Gasteiger partial charge in [-0.05, 0) is 36.4 Å². The number of amides is 2. The molecule has 0 aliphatic carbocycles. The van der Waals surface area contributed by atoms with Gasteiger partial charge in [-0.15, -0.1) is 0 Å². The minimum Gasteiger partial charge on any atom is -0.465 e. The van der Waals surface area contributed by atoms with Gasteiger partial charge in [-0.1, -0.05) is 22.0 Å². The summed E-state index contributed by atoms with van der Waals surface area (Å²) in [5, 5.41) is 2.34. The monoisotopic (exact) mass is 427 g/mol. The minimum absolute atomic E-state index is 0.115. The maximum Gasteiger partial charge on any atom is 0.339 e. The first-order valence-electron chi connectivity index (χ1n) is 6.80. The first-order valence-corrected chi connectivity index (χ1v) is 9.08. The van der Waals surface area contributed by atoms with Crippen LogP contribution in [0.4, 0.5) is 16.2 Å². The standard InChI is InChI=1S/C15H14BrN3O5S/c1-24-14(20)12-7-9(16)5-6-13(12)25(22,23)19-11-4-2-3-10(8-11)18-15(17)21/h2-8,19H,1H3,(H3,17,18,21). The van der Waals surface area contributed by atoms with Crippen LogP contribution in [0.15, 0.2) is 51.8 Å². The van der Waals surface area contributed by atoms with Crippen molar-refractivity contribution in [1.29, 1.82) is 0 Å². The Balaban J connectivity index is 2.40. The maximum atomic E-state index is 12.6. The van der Waals surface area contributed by atoms with Gasteiger partial charge in [0.1, 0.15) is 4.90 Å². The number of methoxy groups -OCH3 is 1. The lowest BCUT2D eigenvalue weighted by atomic mass is 10.2. The fourth-order valence-corrected chi connectivity index (χ4v) is 3.61. The number of ether oxygens (including phenoxy) is 1. The van der Waals surface area contributed by atoms with Crippen molar-refractivity contribution in [2.45, 2.75) is 4.90 Å². The van der Waals surface area contributed by atoms with Crippen molar-refractivity contribution in [3.63, 3.8) is 0 Å². The summed E-state index contributed by atoms with van der Waals surface area (Å²) in [4.78, 5) is 22.5. The molecule has 2 aromatic carbocycles. The first kappa shape index (κ1) is 18.7. The van der Waals surface area contributed by atoms with Gasteiger partial charge in [0.2, 0.25) is 0 Å². The quantitative estimate of drug-likeness (QED) is 0.631. The van der Waals surface area contributed by atoms with Gasteiger partial charge in [0.25, 0.3) is 10.0 Å². The summed E-state index contributed by atoms with van der Waals surface area (Å²) in [5.74, 6) is -0.786. The second-order valence-corrected chi connectivity index (χ2v) is 7.37. The number of halogens is 1. The lowest BCUT2D eigenvalue weighted by Gasteiger charge is -2.12. The Morgan fingerprint density at radius 2 is 1.80 bits per heavy atom. The van der Waals surface area contributed by atoms with Gasteiger partial charge in [-0.3, -0.25) is 4.72 Å². The molecule has 4 N–H and O–H groups in total. The number of carbonyl (C=O) groups is 2. The Bertz CT molecular complexity index is 931. The van der Waals surface area contributed by atoms with Crippen molar-refractivity contribution in [1.82, 2.24) is 0 Å². The summed E-state index contributed by atoms with van der Waals surface area (Å²) in [6, 6.07) is 9.30. The van der Waals surface area contributed by atoms with E-state index in [0.29, 0.717) is 10.2 Å². The van der Waals surface area contributed by atoms with Crippen LogP contribution in [0, 0.1) is 0 Å². The van der Waals surface area contributed by atoms with E-state index >= 15 is 0 Å². The van der Waals surface area contributed by atoms with Gasteiger partial charge in [0.05, 0.1) is 18.4 Å². The average molecular weight is 428 g/mol. The summed E-state index contributed by atoms with van der Waals surface area (Å²) in [6.45, 7) is 0. The Hall–Kier alpha value is -2.59. The number of nitrogens with two attached hydrogens (primary N) is 1. The van der Waals surface area contributed by atoms with E-state index in [1.54, 1.807) is 6.07 Å². The smallest absolute Gasteiger partial charge is 0.339 e. The highest BCUT2D eigenvalue weighted by atomic mass is 79.9. The second-order valence-electron chi connectivity index (χ2n) is 4.81. The SMILES string of the molecule is COC(=O)c1cc(Br)ccc1S(=O)(=O)Nc1cccc(NC(N)=O)c1. The van der Waals surface area contributed by atoms with Crippen molar-refractivity contribution in [3.05, 3.63) is 52.5 Å². The number of sulfonamides is 1. The van der Waals surface area contributed by atoms with Crippen LogP contribution < -0.4 is 15.8 Å². The number of esters is 1. The highest BCUT2D eigenvalue weighted by Gasteiger charge is 2.23. The Kier molecular flexibility index (Phi) is 5.65. The number of primary amides is 1. The van der Waals surface area contributed by atoms with E-state index in [2.05, 4.69) is 30.7 Å². The lowest BCUT2D eigenvalue weighted by Crippen LogP contribution is -2.20. The third kappa shape index (κ3) is 4.70. The molecule has 0 saturated carbocycles. The van der Waals surface area contributed by atoms with Crippen LogP contribution in [0.1, 0.15) is 10.4 Å². The van der Waals surface area contributed by atoms with Crippen LogP contribution in [0.5, 0.6) is 0 Å². The summed E-state index contributed by atoms with van der Waals surface area (Å²) in [7, 11) is -2.92. The Labute approximate surface area is 152 Å². The number of nitrogens with one attached hydrogen (secondary N) is 2. The average Bonchev–Trinajstić information content (AvgIpc) is 2.53. The van der Waals surface area contributed by atoms with Crippen LogP contribution in [0.25, 0.3) is 0 Å². The molecular weight excluding hydrogens is 414 g/mol. The van der Waals surface area contributed by atoms with Crippen molar-refractivity contribution in [3.8, 4) is 0 Å². The Morgan fingerprint density at radius 3 is 2.44 bits per heavy atom. The van der Waals surface area contributed by atoms with Crippen LogP contribution in [0.2, 0.25) is 0 Å². The van der Waals surface area contributed by atoms with Crippen molar-refractivity contribution in [2.75, 3.05) is 17.1 Å². The van der Waals surface area contributed by atoms with Gasteiger partial charge in [0.15, 0.2) is 0 Å². The molecule has 0 fully saturated rings. The molecule has 2 amide bonds. The zero-order valence-electron chi connectivity index (χ0n) is 12.9. The van der Waals surface area contributed by atoms with Gasteiger partial charge in [0, 0.05) is 10.2 Å². The maximum absolute atomic E-state index is 12.6. The number of rotatable bonds is 5. The molecule has 0 heterocycles. The molecule has 0 bridgehead atoms. The summed E-state index contributed by atoms with van der Waals surface area (Å²) in [5.41, 5.74) is 5.42. The molecule has 0 spiro atoms. The predicted octanol–water partition coefficient (Wildman–Crippen LogP) is 2.53. The van der Waals surface area contributed by atoms with Crippen molar-refractivity contribution in [2.24, 2.45) is 5.73 Å². The number of urea groups is 1. The molecule has 132 valence electrons. The first-order chi connectivity index (χ1) is 11.7. The molecule has 2 rings (SSSR count). The highest BCUT2D eigenvalue weighted by molar-refractivity contribution is 9.10. The van der Waals surface area contributed by atoms with Crippen LogP contribution in [0.3, 0.4) is 0 Å². The molecular formula is C15H14BrN3O5S. The summed E-state index contributed by atoms with van der Waals surface area (Å²) in [6.07, 6.45) is 0. The van der Waals surface area contributed by atoms with E-state index in [1.165, 1.54) is 36.4 Å². The van der Waals surface area contributed by atoms with Gasteiger partial charge < -0.3 is 15.8 Å². The van der Waals surface area contributed by atoms with Crippen LogP contribution in [-0.2, 0) is 14.8 Å². The number of hydrogen-bond donors (Lipinski definition) is 3. The number of benzene rings is 2. The fourth-order valence-electron chi connectivity index (χ4n) is 2.02. The Morgan fingerprint density at radius 1 is 1.12 bits per heavy atom. The fraction of sp³-hybridized carbons (Fsp3) is 0.0667. The zero-order chi connectivity index (χ0) is 18.6. The minimum atomic E-state index is -4.08. The lowest BCUT2D eigenvalue weighted by molar-refractivity contribution is 0.0596. The third-order valence-corrected chi connectivity index (χ3v) is 4.95.